The van der Waals surface area contributed by atoms with Crippen LogP contribution in [0.25, 0.3) is 0 Å². The van der Waals surface area contributed by atoms with Crippen LogP contribution in [0.15, 0.2) is 0 Å². The molecule has 0 aliphatic heterocycles. The molecule has 3 nitrogen and oxygen atoms in total. The van der Waals surface area contributed by atoms with Crippen LogP contribution in [-0.4, -0.2) is 48.9 Å². The van der Waals surface area contributed by atoms with Gasteiger partial charge in [0.1, 0.15) is 0 Å². The summed E-state index contributed by atoms with van der Waals surface area (Å²) in [5, 5.41) is 0. The number of nitrogens with zero attached hydrogens (tertiary/aromatic N) is 2. The molecule has 0 unspecified atom stereocenters. The van der Waals surface area contributed by atoms with Gasteiger partial charge in [-0.15, -0.1) is 0 Å². The lowest BCUT2D eigenvalue weighted by Gasteiger charge is -2.28. The van der Waals surface area contributed by atoms with Crippen LogP contribution < -0.4 is 0 Å². The average molecular weight is 200 g/mol. The smallest absolute Gasteiger partial charge is 0.236 e. The van der Waals surface area contributed by atoms with Gasteiger partial charge < -0.3 is 4.90 Å². The summed E-state index contributed by atoms with van der Waals surface area (Å²) in [6.07, 6.45) is 0. The normalized spacial score (nSPS) is 11.5. The summed E-state index contributed by atoms with van der Waals surface area (Å²) in [6.45, 7) is 10.1. The largest absolute Gasteiger partial charge is 0.348 e. The van der Waals surface area contributed by atoms with Crippen molar-refractivity contribution < 1.29 is 4.79 Å². The predicted octanol–water partition coefficient (Wildman–Crippen LogP) is 1.44. The Morgan fingerprint density at radius 3 is 1.93 bits per heavy atom. The van der Waals surface area contributed by atoms with E-state index in [-0.39, 0.29) is 5.91 Å². The maximum absolute atomic E-state index is 11.5. The van der Waals surface area contributed by atoms with E-state index in [1.807, 2.05) is 0 Å². The van der Waals surface area contributed by atoms with Crippen molar-refractivity contribution in [1.82, 2.24) is 9.80 Å². The molecule has 0 saturated heterocycles. The number of amides is 1. The molecular weight excluding hydrogens is 176 g/mol. The van der Waals surface area contributed by atoms with Gasteiger partial charge in [-0.3, -0.25) is 9.69 Å². The fourth-order valence-corrected chi connectivity index (χ4v) is 1.24. The zero-order valence-electron chi connectivity index (χ0n) is 10.4. The van der Waals surface area contributed by atoms with Crippen LogP contribution in [0.3, 0.4) is 0 Å². The highest BCUT2D eigenvalue weighted by Gasteiger charge is 2.15. The molecular formula is C11H24N2O. The van der Waals surface area contributed by atoms with Gasteiger partial charge in [0.2, 0.25) is 5.91 Å². The lowest BCUT2D eigenvalue weighted by Crippen LogP contribution is -2.42. The minimum Gasteiger partial charge on any atom is -0.348 e. The minimum atomic E-state index is 0.180. The van der Waals surface area contributed by atoms with E-state index in [0.717, 1.165) is 6.54 Å². The van der Waals surface area contributed by atoms with Crippen molar-refractivity contribution in [2.45, 2.75) is 33.7 Å². The van der Waals surface area contributed by atoms with Crippen molar-refractivity contribution in [2.75, 3.05) is 27.2 Å². The van der Waals surface area contributed by atoms with E-state index in [1.165, 1.54) is 0 Å². The van der Waals surface area contributed by atoms with Gasteiger partial charge in [0.15, 0.2) is 0 Å². The number of likely N-dealkylation sites (N-methyl/N-ethyl adjacent to an activating group) is 1. The molecule has 1 amide bonds. The Morgan fingerprint density at radius 1 is 1.14 bits per heavy atom. The van der Waals surface area contributed by atoms with Gasteiger partial charge in [0, 0.05) is 26.7 Å². The first-order chi connectivity index (χ1) is 6.34. The van der Waals surface area contributed by atoms with Crippen LogP contribution in [0.2, 0.25) is 0 Å². The molecule has 0 fully saturated rings. The summed E-state index contributed by atoms with van der Waals surface area (Å²) in [7, 11) is 3.60. The molecule has 0 aliphatic rings. The maximum Gasteiger partial charge on any atom is 0.236 e. The van der Waals surface area contributed by atoms with Crippen molar-refractivity contribution >= 4 is 5.91 Å². The second-order valence-electron chi connectivity index (χ2n) is 4.71. The van der Waals surface area contributed by atoms with Crippen molar-refractivity contribution in [2.24, 2.45) is 5.92 Å². The second kappa shape index (κ2) is 6.02. The van der Waals surface area contributed by atoms with E-state index < -0.39 is 0 Å². The quantitative estimate of drug-likeness (QED) is 0.670. The molecule has 0 rings (SSSR count). The highest BCUT2D eigenvalue weighted by atomic mass is 16.2. The fraction of sp³-hybridized carbons (Fsp3) is 0.909. The Bertz CT molecular complexity index is 176. The Kier molecular flexibility index (Phi) is 5.77. The van der Waals surface area contributed by atoms with Crippen molar-refractivity contribution in [3.63, 3.8) is 0 Å². The lowest BCUT2D eigenvalue weighted by molar-refractivity contribution is -0.130. The highest BCUT2D eigenvalue weighted by Crippen LogP contribution is 2.04. The van der Waals surface area contributed by atoms with Gasteiger partial charge in [-0.05, 0) is 19.8 Å². The Hall–Kier alpha value is -0.570. The number of carbonyl (C=O) groups is 1. The van der Waals surface area contributed by atoms with E-state index in [2.05, 4.69) is 32.6 Å². The molecule has 0 aromatic rings. The Balaban J connectivity index is 4.16. The third-order valence-electron chi connectivity index (χ3n) is 2.17. The molecule has 0 N–H and O–H groups in total. The van der Waals surface area contributed by atoms with Gasteiger partial charge >= 0.3 is 0 Å². The molecule has 84 valence electrons. The predicted molar refractivity (Wildman–Crippen MR) is 60.2 cm³/mol. The first-order valence-electron chi connectivity index (χ1n) is 5.28. The van der Waals surface area contributed by atoms with E-state index in [1.54, 1.807) is 19.0 Å². The zero-order valence-corrected chi connectivity index (χ0v) is 10.4. The van der Waals surface area contributed by atoms with Gasteiger partial charge in [0.05, 0.1) is 6.54 Å². The molecule has 14 heavy (non-hydrogen) atoms. The zero-order chi connectivity index (χ0) is 11.3. The standard InChI is InChI=1S/C11H24N2O/c1-9(2)7-13(10(3)4)8-11(14)12(5)6/h9-10H,7-8H2,1-6H3. The molecule has 0 aromatic carbocycles. The molecule has 0 aliphatic carbocycles. The van der Waals surface area contributed by atoms with Crippen LogP contribution in [0.5, 0.6) is 0 Å². The molecule has 0 spiro atoms. The van der Waals surface area contributed by atoms with Crippen molar-refractivity contribution in [3.05, 3.63) is 0 Å². The summed E-state index contributed by atoms with van der Waals surface area (Å²) in [6, 6.07) is 0.432. The number of rotatable bonds is 5. The van der Waals surface area contributed by atoms with Crippen LogP contribution in [-0.2, 0) is 4.79 Å². The van der Waals surface area contributed by atoms with Crippen LogP contribution in [0.1, 0.15) is 27.7 Å². The van der Waals surface area contributed by atoms with Gasteiger partial charge in [0.25, 0.3) is 0 Å². The molecule has 3 heteroatoms. The van der Waals surface area contributed by atoms with Crippen LogP contribution in [0, 0.1) is 5.92 Å². The second-order valence-corrected chi connectivity index (χ2v) is 4.71. The molecule has 0 radical (unpaired) electrons. The van der Waals surface area contributed by atoms with Crippen LogP contribution in [0.4, 0.5) is 0 Å². The summed E-state index contributed by atoms with van der Waals surface area (Å²) < 4.78 is 0. The summed E-state index contributed by atoms with van der Waals surface area (Å²) in [4.78, 5) is 15.4. The maximum atomic E-state index is 11.5. The molecule has 0 bridgehead atoms. The molecule has 0 saturated carbocycles. The van der Waals surface area contributed by atoms with E-state index in [0.29, 0.717) is 18.5 Å². The lowest BCUT2D eigenvalue weighted by atomic mass is 10.2. The fourth-order valence-electron chi connectivity index (χ4n) is 1.24. The van der Waals surface area contributed by atoms with E-state index in [9.17, 15) is 4.79 Å². The van der Waals surface area contributed by atoms with E-state index >= 15 is 0 Å². The molecule has 0 aromatic heterocycles. The SMILES string of the molecule is CC(C)CN(CC(=O)N(C)C)C(C)C. The van der Waals surface area contributed by atoms with Gasteiger partial charge in [-0.1, -0.05) is 13.8 Å². The van der Waals surface area contributed by atoms with Gasteiger partial charge in [-0.2, -0.15) is 0 Å². The van der Waals surface area contributed by atoms with Gasteiger partial charge in [-0.25, -0.2) is 0 Å². The topological polar surface area (TPSA) is 23.6 Å². The number of hydrogen-bond donors (Lipinski definition) is 0. The Labute approximate surface area is 88.1 Å². The molecule has 0 heterocycles. The summed E-state index contributed by atoms with van der Waals surface area (Å²) in [5.41, 5.74) is 0. The summed E-state index contributed by atoms with van der Waals surface area (Å²) in [5.74, 6) is 0.784. The van der Waals surface area contributed by atoms with Crippen molar-refractivity contribution in [3.8, 4) is 0 Å². The third kappa shape index (κ3) is 5.22. The highest BCUT2D eigenvalue weighted by molar-refractivity contribution is 5.77. The number of carbonyl (C=O) groups excluding carboxylic acids is 1. The van der Waals surface area contributed by atoms with E-state index in [4.69, 9.17) is 0 Å². The molecule has 0 atom stereocenters. The first kappa shape index (κ1) is 13.4. The van der Waals surface area contributed by atoms with Crippen molar-refractivity contribution in [1.29, 1.82) is 0 Å². The first-order valence-corrected chi connectivity index (χ1v) is 5.28. The third-order valence-corrected chi connectivity index (χ3v) is 2.17. The monoisotopic (exact) mass is 200 g/mol. The Morgan fingerprint density at radius 2 is 1.64 bits per heavy atom. The average Bonchev–Trinajstić information content (AvgIpc) is 2.01. The number of hydrogen-bond acceptors (Lipinski definition) is 2. The minimum absolute atomic E-state index is 0.180. The van der Waals surface area contributed by atoms with Crippen LogP contribution >= 0.6 is 0 Å². The summed E-state index contributed by atoms with van der Waals surface area (Å²) >= 11 is 0.